The van der Waals surface area contributed by atoms with Crippen LogP contribution in [0.25, 0.3) is 6.08 Å². The number of halogens is 2. The molecule has 8 heteroatoms. The third kappa shape index (κ3) is 4.79. The summed E-state index contributed by atoms with van der Waals surface area (Å²) in [6, 6.07) is 4.81. The molecule has 0 aromatic heterocycles. The van der Waals surface area contributed by atoms with Gasteiger partial charge in [-0.15, -0.1) is 0 Å². The third-order valence-corrected chi connectivity index (χ3v) is 5.88. The Morgan fingerprint density at radius 2 is 2.04 bits per heavy atom. The van der Waals surface area contributed by atoms with Gasteiger partial charge in [-0.3, -0.25) is 9.69 Å². The van der Waals surface area contributed by atoms with Crippen LogP contribution in [0.5, 0.6) is 11.5 Å². The van der Waals surface area contributed by atoms with Crippen molar-refractivity contribution >= 4 is 40.3 Å². The first-order chi connectivity index (χ1) is 13.0. The molecule has 1 amide bonds. The lowest BCUT2D eigenvalue weighted by Crippen LogP contribution is -2.39. The predicted octanol–water partition coefficient (Wildman–Crippen LogP) is 5.22. The molecule has 1 aromatic rings. The zero-order valence-electron chi connectivity index (χ0n) is 15.0. The molecule has 1 heterocycles. The van der Waals surface area contributed by atoms with Crippen molar-refractivity contribution in [1.29, 1.82) is 0 Å². The van der Waals surface area contributed by atoms with Gasteiger partial charge in [0.2, 0.25) is 0 Å². The summed E-state index contributed by atoms with van der Waals surface area (Å²) in [6.45, 7) is -0.858. The highest BCUT2D eigenvalue weighted by Gasteiger charge is 2.37. The van der Waals surface area contributed by atoms with Gasteiger partial charge in [0.15, 0.2) is 11.5 Å². The molecular formula is C19H21F2NO3S2. The van der Waals surface area contributed by atoms with Gasteiger partial charge in [0.05, 0.1) is 11.5 Å². The Balaban J connectivity index is 1.82. The van der Waals surface area contributed by atoms with Crippen LogP contribution in [0, 0.1) is 0 Å². The van der Waals surface area contributed by atoms with Crippen LogP contribution in [-0.4, -0.2) is 34.4 Å². The Morgan fingerprint density at radius 1 is 1.30 bits per heavy atom. The number of amides is 1. The maximum absolute atomic E-state index is 12.8. The maximum atomic E-state index is 12.8. The minimum Gasteiger partial charge on any atom is -0.490 e. The van der Waals surface area contributed by atoms with E-state index in [0.29, 0.717) is 21.4 Å². The lowest BCUT2D eigenvalue weighted by atomic mass is 9.94. The second-order valence-corrected chi connectivity index (χ2v) is 8.04. The van der Waals surface area contributed by atoms with Crippen molar-refractivity contribution < 1.29 is 23.0 Å². The first-order valence-electron chi connectivity index (χ1n) is 8.98. The van der Waals surface area contributed by atoms with E-state index in [1.165, 1.54) is 24.2 Å². The molecule has 1 aliphatic heterocycles. The monoisotopic (exact) mass is 413 g/mol. The van der Waals surface area contributed by atoms with Crippen molar-refractivity contribution in [1.82, 2.24) is 4.90 Å². The van der Waals surface area contributed by atoms with Crippen molar-refractivity contribution in [3.63, 3.8) is 0 Å². The summed E-state index contributed by atoms with van der Waals surface area (Å²) in [5.41, 5.74) is 0.671. The number of carbonyl (C=O) groups excluding carboxylic acids is 1. The van der Waals surface area contributed by atoms with E-state index in [4.69, 9.17) is 17.0 Å². The average molecular weight is 414 g/mol. The Bertz CT molecular complexity index is 748. The number of ether oxygens (including phenoxy) is 2. The molecule has 3 rings (SSSR count). The number of rotatable bonds is 6. The Morgan fingerprint density at radius 3 is 2.70 bits per heavy atom. The molecule has 146 valence electrons. The Kier molecular flexibility index (Phi) is 6.70. The lowest BCUT2D eigenvalue weighted by molar-refractivity contribution is -0.124. The number of alkyl halides is 2. The topological polar surface area (TPSA) is 38.8 Å². The summed E-state index contributed by atoms with van der Waals surface area (Å²) in [5.74, 6) is 0.107. The van der Waals surface area contributed by atoms with E-state index in [1.807, 2.05) is 0 Å². The van der Waals surface area contributed by atoms with Crippen LogP contribution in [0.1, 0.15) is 44.6 Å². The normalized spacial score (nSPS) is 20.0. The molecule has 0 unspecified atom stereocenters. The number of thiocarbonyl (C=S) groups is 1. The minimum absolute atomic E-state index is 0.0289. The van der Waals surface area contributed by atoms with E-state index in [-0.39, 0.29) is 23.4 Å². The Hall–Kier alpha value is -1.67. The van der Waals surface area contributed by atoms with Gasteiger partial charge in [-0.1, -0.05) is 49.3 Å². The number of benzene rings is 1. The lowest BCUT2D eigenvalue weighted by Gasteiger charge is -2.29. The average Bonchev–Trinajstić information content (AvgIpc) is 2.91. The van der Waals surface area contributed by atoms with Crippen molar-refractivity contribution in [3.8, 4) is 11.5 Å². The molecule has 0 bridgehead atoms. The van der Waals surface area contributed by atoms with Crippen LogP contribution >= 0.6 is 24.0 Å². The largest absolute Gasteiger partial charge is 0.490 e. The standard InChI is InChI=1S/C19H21F2NO3S2/c1-2-24-15-10-12(8-9-14(15)25-18(20)21)11-16-17(23)22(19(26)27-16)13-6-4-3-5-7-13/h8-11,13,18H,2-7H2,1H3/b16-11+. The van der Waals surface area contributed by atoms with Crippen LogP contribution in [0.4, 0.5) is 8.78 Å². The summed E-state index contributed by atoms with van der Waals surface area (Å²) in [4.78, 5) is 15.1. The van der Waals surface area contributed by atoms with E-state index < -0.39 is 6.61 Å². The highest BCUT2D eigenvalue weighted by molar-refractivity contribution is 8.26. The van der Waals surface area contributed by atoms with E-state index in [2.05, 4.69) is 4.74 Å². The van der Waals surface area contributed by atoms with E-state index in [9.17, 15) is 13.6 Å². The molecular weight excluding hydrogens is 392 g/mol. The van der Waals surface area contributed by atoms with Gasteiger partial charge in [0.25, 0.3) is 5.91 Å². The van der Waals surface area contributed by atoms with Crippen LogP contribution in [-0.2, 0) is 4.79 Å². The van der Waals surface area contributed by atoms with Crippen LogP contribution < -0.4 is 9.47 Å². The number of hydrogen-bond donors (Lipinski definition) is 0. The molecule has 2 fully saturated rings. The van der Waals surface area contributed by atoms with E-state index >= 15 is 0 Å². The number of nitrogens with zero attached hydrogens (tertiary/aromatic N) is 1. The fourth-order valence-electron chi connectivity index (χ4n) is 3.36. The fourth-order valence-corrected chi connectivity index (χ4v) is 4.76. The summed E-state index contributed by atoms with van der Waals surface area (Å²) in [5, 5.41) is 0. The first kappa shape index (κ1) is 20.1. The molecule has 27 heavy (non-hydrogen) atoms. The van der Waals surface area contributed by atoms with E-state index in [1.54, 1.807) is 30.0 Å². The predicted molar refractivity (Wildman–Crippen MR) is 106 cm³/mol. The quantitative estimate of drug-likeness (QED) is 0.472. The van der Waals surface area contributed by atoms with Gasteiger partial charge in [-0.05, 0) is 43.5 Å². The minimum atomic E-state index is -2.93. The maximum Gasteiger partial charge on any atom is 0.387 e. The van der Waals surface area contributed by atoms with Crippen LogP contribution in [0.15, 0.2) is 23.1 Å². The molecule has 1 saturated heterocycles. The number of carbonyl (C=O) groups is 1. The summed E-state index contributed by atoms with van der Waals surface area (Å²) in [6.07, 6.45) is 7.11. The summed E-state index contributed by atoms with van der Waals surface area (Å²) < 4.78 is 35.5. The molecule has 0 spiro atoms. The smallest absolute Gasteiger partial charge is 0.387 e. The van der Waals surface area contributed by atoms with Gasteiger partial charge < -0.3 is 9.47 Å². The second-order valence-electron chi connectivity index (χ2n) is 6.36. The van der Waals surface area contributed by atoms with Gasteiger partial charge in [0, 0.05) is 6.04 Å². The summed E-state index contributed by atoms with van der Waals surface area (Å²) in [7, 11) is 0. The molecule has 0 radical (unpaired) electrons. The third-order valence-electron chi connectivity index (χ3n) is 4.54. The van der Waals surface area contributed by atoms with Crippen molar-refractivity contribution in [3.05, 3.63) is 28.7 Å². The van der Waals surface area contributed by atoms with Crippen LogP contribution in [0.3, 0.4) is 0 Å². The van der Waals surface area contributed by atoms with Crippen molar-refractivity contribution in [2.75, 3.05) is 6.61 Å². The van der Waals surface area contributed by atoms with Gasteiger partial charge in [0.1, 0.15) is 4.32 Å². The fraction of sp³-hybridized carbons (Fsp3) is 0.474. The molecule has 0 N–H and O–H groups in total. The van der Waals surface area contributed by atoms with E-state index in [0.717, 1.165) is 25.7 Å². The molecule has 1 aromatic carbocycles. The molecule has 2 aliphatic rings. The first-order valence-corrected chi connectivity index (χ1v) is 10.2. The SMILES string of the molecule is CCOc1cc(/C=C2/SC(=S)N(C3CCCCC3)C2=O)ccc1OC(F)F. The number of thioether (sulfide) groups is 1. The van der Waals surface area contributed by atoms with Gasteiger partial charge in [-0.25, -0.2) is 0 Å². The highest BCUT2D eigenvalue weighted by atomic mass is 32.2. The van der Waals surface area contributed by atoms with Gasteiger partial charge in [-0.2, -0.15) is 8.78 Å². The highest BCUT2D eigenvalue weighted by Crippen LogP contribution is 2.38. The Labute approximate surface area is 166 Å². The van der Waals surface area contributed by atoms with Crippen molar-refractivity contribution in [2.24, 2.45) is 0 Å². The molecule has 1 aliphatic carbocycles. The molecule has 1 saturated carbocycles. The summed E-state index contributed by atoms with van der Waals surface area (Å²) >= 11 is 6.71. The zero-order valence-corrected chi connectivity index (χ0v) is 16.6. The second kappa shape index (κ2) is 9.01. The number of hydrogen-bond acceptors (Lipinski definition) is 5. The van der Waals surface area contributed by atoms with Crippen molar-refractivity contribution in [2.45, 2.75) is 51.7 Å². The molecule has 0 atom stereocenters. The van der Waals surface area contributed by atoms with Gasteiger partial charge >= 0.3 is 6.61 Å². The molecule has 4 nitrogen and oxygen atoms in total. The van der Waals surface area contributed by atoms with Crippen LogP contribution in [0.2, 0.25) is 0 Å². The zero-order chi connectivity index (χ0) is 19.4.